The molecule has 0 radical (unpaired) electrons. The van der Waals surface area contributed by atoms with Crippen LogP contribution in [0, 0.1) is 0 Å². The summed E-state index contributed by atoms with van der Waals surface area (Å²) in [4.78, 5) is 7.15. The topological polar surface area (TPSA) is 29.3 Å². The lowest BCUT2D eigenvalue weighted by Crippen LogP contribution is -2.10. The zero-order valence-corrected chi connectivity index (χ0v) is 24.8. The predicted octanol–water partition coefficient (Wildman–Crippen LogP) is 12.1. The molecule has 3 heteroatoms. The van der Waals surface area contributed by atoms with Gasteiger partial charge < -0.3 is 9.32 Å². The van der Waals surface area contributed by atoms with E-state index >= 15 is 0 Å². The molecule has 1 aliphatic rings. The van der Waals surface area contributed by atoms with Crippen LogP contribution in [0.5, 0.6) is 0 Å². The van der Waals surface area contributed by atoms with Gasteiger partial charge in [-0.15, -0.1) is 0 Å². The van der Waals surface area contributed by atoms with Crippen LogP contribution in [-0.2, 0) is 0 Å². The smallest absolute Gasteiger partial charge is 0.227 e. The van der Waals surface area contributed by atoms with Gasteiger partial charge in [-0.25, -0.2) is 4.98 Å². The fourth-order valence-corrected chi connectivity index (χ4v) is 7.27. The molecule has 0 bridgehead atoms. The summed E-state index contributed by atoms with van der Waals surface area (Å²) in [5, 5.41) is 7.09. The first-order chi connectivity index (χ1) is 22.8. The fourth-order valence-electron chi connectivity index (χ4n) is 7.27. The number of nitrogens with zero attached hydrogens (tertiary/aromatic N) is 2. The second-order valence-electron chi connectivity index (χ2n) is 12.0. The molecule has 10 rings (SSSR count). The van der Waals surface area contributed by atoms with E-state index in [0.717, 1.165) is 33.4 Å². The van der Waals surface area contributed by atoms with Crippen LogP contribution in [0.4, 0.5) is 17.1 Å². The van der Waals surface area contributed by atoms with Crippen molar-refractivity contribution in [3.63, 3.8) is 0 Å². The van der Waals surface area contributed by atoms with Crippen molar-refractivity contribution in [2.75, 3.05) is 4.90 Å². The summed E-state index contributed by atoms with van der Waals surface area (Å²) in [6.07, 6.45) is 1.93. The Kier molecular flexibility index (Phi) is 5.28. The maximum atomic E-state index is 6.10. The van der Waals surface area contributed by atoms with Gasteiger partial charge in [-0.05, 0) is 97.4 Å². The molecular weight excluding hydrogens is 560 g/mol. The molecule has 3 nitrogen and oxygen atoms in total. The van der Waals surface area contributed by atoms with E-state index in [9.17, 15) is 0 Å². The number of furan rings is 1. The van der Waals surface area contributed by atoms with Gasteiger partial charge in [-0.3, -0.25) is 0 Å². The van der Waals surface area contributed by atoms with Crippen molar-refractivity contribution in [3.8, 4) is 33.4 Å². The average Bonchev–Trinajstić information content (AvgIpc) is 3.65. The molecule has 0 aliphatic heterocycles. The summed E-state index contributed by atoms with van der Waals surface area (Å²) >= 11 is 0. The Morgan fingerprint density at radius 3 is 2.04 bits per heavy atom. The molecule has 1 aliphatic carbocycles. The van der Waals surface area contributed by atoms with Crippen molar-refractivity contribution in [1.82, 2.24) is 4.98 Å². The summed E-state index contributed by atoms with van der Waals surface area (Å²) in [6, 6.07) is 54.4. The van der Waals surface area contributed by atoms with E-state index in [2.05, 4.69) is 138 Å². The lowest BCUT2D eigenvalue weighted by molar-refractivity contribution is 0.654. The number of rotatable bonds is 4. The number of aromatic nitrogens is 1. The molecule has 0 amide bonds. The zero-order valence-electron chi connectivity index (χ0n) is 24.8. The van der Waals surface area contributed by atoms with Crippen molar-refractivity contribution in [2.45, 2.75) is 0 Å². The maximum absolute atomic E-state index is 6.10. The lowest BCUT2D eigenvalue weighted by atomic mass is 10.00. The SMILES string of the molecule is c1ccc2c(c1)-c1cccc3cc(N(c4ccc(-c5ccc6ccccc6c5)cc4)c4cnc5oc6ccccc6c5c4)cc-2c13. The van der Waals surface area contributed by atoms with Crippen LogP contribution in [0.25, 0.3) is 77.0 Å². The first-order valence-corrected chi connectivity index (χ1v) is 15.6. The second-order valence-corrected chi connectivity index (χ2v) is 12.0. The van der Waals surface area contributed by atoms with Gasteiger partial charge in [0.05, 0.1) is 17.3 Å². The minimum atomic E-state index is 0.646. The van der Waals surface area contributed by atoms with E-state index in [1.165, 1.54) is 54.9 Å². The van der Waals surface area contributed by atoms with Crippen LogP contribution in [0.1, 0.15) is 0 Å². The van der Waals surface area contributed by atoms with Crippen LogP contribution in [0.3, 0.4) is 0 Å². The Morgan fingerprint density at radius 2 is 1.15 bits per heavy atom. The molecule has 46 heavy (non-hydrogen) atoms. The van der Waals surface area contributed by atoms with Gasteiger partial charge >= 0.3 is 0 Å². The summed E-state index contributed by atoms with van der Waals surface area (Å²) in [5.41, 5.74) is 12.1. The largest absolute Gasteiger partial charge is 0.438 e. The highest BCUT2D eigenvalue weighted by Crippen LogP contribution is 2.50. The molecule has 214 valence electrons. The summed E-state index contributed by atoms with van der Waals surface area (Å²) in [6.45, 7) is 0. The molecule has 0 saturated heterocycles. The van der Waals surface area contributed by atoms with Gasteiger partial charge in [0.25, 0.3) is 0 Å². The van der Waals surface area contributed by atoms with Crippen molar-refractivity contribution in [1.29, 1.82) is 0 Å². The summed E-state index contributed by atoms with van der Waals surface area (Å²) < 4.78 is 6.10. The monoisotopic (exact) mass is 586 g/mol. The van der Waals surface area contributed by atoms with E-state index in [-0.39, 0.29) is 0 Å². The van der Waals surface area contributed by atoms with Gasteiger partial charge in [-0.2, -0.15) is 0 Å². The molecule has 0 N–H and O–H groups in total. The molecule has 7 aromatic carbocycles. The standard InChI is InChI=1S/C43H26N2O/c1-2-9-29-22-30(17-16-27(29)8-1)28-18-20-32(21-19-28)45(34-25-40-37-13-5-6-15-41(37)46-43(40)44-26-34)33-23-31-10-7-14-38-35-11-3-4-12-36(35)39(24-33)42(31)38/h1-26H. The van der Waals surface area contributed by atoms with Crippen LogP contribution < -0.4 is 4.90 Å². The average molecular weight is 587 g/mol. The molecule has 2 aromatic heterocycles. The number of benzene rings is 7. The van der Waals surface area contributed by atoms with E-state index in [1.807, 2.05) is 24.4 Å². The maximum Gasteiger partial charge on any atom is 0.227 e. The minimum absolute atomic E-state index is 0.646. The zero-order chi connectivity index (χ0) is 30.2. The first-order valence-electron chi connectivity index (χ1n) is 15.6. The van der Waals surface area contributed by atoms with Crippen LogP contribution in [0.15, 0.2) is 162 Å². The predicted molar refractivity (Wildman–Crippen MR) is 191 cm³/mol. The number of fused-ring (bicyclic) bond motifs is 7. The third-order valence-corrected chi connectivity index (χ3v) is 9.41. The molecule has 0 fully saturated rings. The van der Waals surface area contributed by atoms with Gasteiger partial charge in [0.2, 0.25) is 5.71 Å². The highest BCUT2D eigenvalue weighted by Gasteiger charge is 2.24. The quantitative estimate of drug-likeness (QED) is 0.205. The third kappa shape index (κ3) is 3.75. The third-order valence-electron chi connectivity index (χ3n) is 9.41. The Morgan fingerprint density at radius 1 is 0.435 bits per heavy atom. The van der Waals surface area contributed by atoms with Gasteiger partial charge in [-0.1, -0.05) is 109 Å². The Labute approximate surface area is 265 Å². The van der Waals surface area contributed by atoms with Crippen molar-refractivity contribution in [2.24, 2.45) is 0 Å². The highest BCUT2D eigenvalue weighted by molar-refractivity contribution is 6.16. The van der Waals surface area contributed by atoms with E-state index in [0.29, 0.717) is 5.71 Å². The normalized spacial score (nSPS) is 11.9. The van der Waals surface area contributed by atoms with E-state index in [4.69, 9.17) is 9.40 Å². The fraction of sp³-hybridized carbons (Fsp3) is 0. The van der Waals surface area contributed by atoms with Crippen molar-refractivity contribution < 1.29 is 4.42 Å². The number of para-hydroxylation sites is 1. The molecule has 0 unspecified atom stereocenters. The van der Waals surface area contributed by atoms with Crippen LogP contribution in [0.2, 0.25) is 0 Å². The molecule has 0 atom stereocenters. The highest BCUT2D eigenvalue weighted by atomic mass is 16.3. The number of anilines is 3. The van der Waals surface area contributed by atoms with Crippen molar-refractivity contribution >= 4 is 60.7 Å². The van der Waals surface area contributed by atoms with Crippen LogP contribution in [-0.4, -0.2) is 4.98 Å². The number of pyridine rings is 1. The lowest BCUT2D eigenvalue weighted by Gasteiger charge is -2.26. The van der Waals surface area contributed by atoms with Gasteiger partial charge in [0.1, 0.15) is 5.58 Å². The molecule has 0 saturated carbocycles. The minimum Gasteiger partial charge on any atom is -0.438 e. The Balaban J connectivity index is 1.17. The molecular formula is C43H26N2O. The Hall–Kier alpha value is -6.19. The second kappa shape index (κ2) is 9.65. The van der Waals surface area contributed by atoms with E-state index < -0.39 is 0 Å². The van der Waals surface area contributed by atoms with Gasteiger partial charge in [0.15, 0.2) is 0 Å². The molecule has 9 aromatic rings. The number of hydrogen-bond donors (Lipinski definition) is 0. The summed E-state index contributed by atoms with van der Waals surface area (Å²) in [7, 11) is 0. The molecule has 2 heterocycles. The van der Waals surface area contributed by atoms with Crippen molar-refractivity contribution in [3.05, 3.63) is 158 Å². The Bertz CT molecular complexity index is 2650. The molecule has 0 spiro atoms. The van der Waals surface area contributed by atoms with E-state index in [1.54, 1.807) is 0 Å². The number of hydrogen-bond acceptors (Lipinski definition) is 3. The van der Waals surface area contributed by atoms with Gasteiger partial charge in [0, 0.05) is 16.8 Å². The first kappa shape index (κ1) is 25.2. The summed E-state index contributed by atoms with van der Waals surface area (Å²) in [5.74, 6) is 0. The van der Waals surface area contributed by atoms with Crippen LogP contribution >= 0.6 is 0 Å².